The summed E-state index contributed by atoms with van der Waals surface area (Å²) in [6.45, 7) is 3.75. The summed E-state index contributed by atoms with van der Waals surface area (Å²) in [5, 5.41) is 14.4. The highest BCUT2D eigenvalue weighted by Gasteiger charge is 2.21. The van der Waals surface area contributed by atoms with Gasteiger partial charge < -0.3 is 16.3 Å². The highest BCUT2D eigenvalue weighted by atomic mass is 79.9. The highest BCUT2D eigenvalue weighted by Crippen LogP contribution is 2.20. The maximum Gasteiger partial charge on any atom is 0.251 e. The number of amides is 1. The molecule has 0 aliphatic rings. The number of carbonyl (C=O) groups excluding carboxylic acids is 1. The van der Waals surface area contributed by atoms with E-state index in [2.05, 4.69) is 42.3 Å². The molecule has 5 nitrogen and oxygen atoms in total. The minimum Gasteiger partial charge on any atom is -0.409 e. The standard InChI is InChI=1S/C12H15Br2N3O2/c1-6(2)10(11(15)17-19)16-12(18)7-3-8(13)5-9(14)4-7/h3-6,10,19H,1-2H3,(H2,15,17)(H,16,18). The second-order valence-corrected chi connectivity index (χ2v) is 6.21. The Morgan fingerprint density at radius 2 is 1.84 bits per heavy atom. The van der Waals surface area contributed by atoms with Gasteiger partial charge in [-0.1, -0.05) is 50.9 Å². The van der Waals surface area contributed by atoms with E-state index in [4.69, 9.17) is 10.9 Å². The number of carbonyl (C=O) groups is 1. The quantitative estimate of drug-likeness (QED) is 0.318. The fourth-order valence-electron chi connectivity index (χ4n) is 1.55. The smallest absolute Gasteiger partial charge is 0.251 e. The van der Waals surface area contributed by atoms with Crippen LogP contribution in [0.2, 0.25) is 0 Å². The van der Waals surface area contributed by atoms with Crippen molar-refractivity contribution in [1.82, 2.24) is 5.32 Å². The normalized spacial score (nSPS) is 13.4. The summed E-state index contributed by atoms with van der Waals surface area (Å²) in [4.78, 5) is 12.1. The molecule has 104 valence electrons. The molecule has 1 aromatic rings. The molecule has 0 radical (unpaired) electrons. The molecule has 4 N–H and O–H groups in total. The lowest BCUT2D eigenvalue weighted by atomic mass is 10.0. The zero-order chi connectivity index (χ0) is 14.6. The van der Waals surface area contributed by atoms with Crippen LogP contribution in [0.5, 0.6) is 0 Å². The summed E-state index contributed by atoms with van der Waals surface area (Å²) in [6, 6.07) is 4.71. The lowest BCUT2D eigenvalue weighted by Gasteiger charge is -2.21. The van der Waals surface area contributed by atoms with Gasteiger partial charge in [0.25, 0.3) is 5.91 Å². The summed E-state index contributed by atoms with van der Waals surface area (Å²) in [6.07, 6.45) is 0. The molecule has 1 unspecified atom stereocenters. The van der Waals surface area contributed by atoms with Crippen LogP contribution in [0.25, 0.3) is 0 Å². The molecule has 0 bridgehead atoms. The number of nitrogens with one attached hydrogen (secondary N) is 1. The maximum atomic E-state index is 12.1. The molecule has 0 fully saturated rings. The fourth-order valence-corrected chi connectivity index (χ4v) is 2.85. The Morgan fingerprint density at radius 3 is 2.26 bits per heavy atom. The Bertz CT molecular complexity index is 483. The van der Waals surface area contributed by atoms with Gasteiger partial charge in [-0.2, -0.15) is 0 Å². The van der Waals surface area contributed by atoms with Gasteiger partial charge >= 0.3 is 0 Å². The number of rotatable bonds is 4. The van der Waals surface area contributed by atoms with Crippen molar-refractivity contribution in [2.24, 2.45) is 16.8 Å². The van der Waals surface area contributed by atoms with Crippen molar-refractivity contribution < 1.29 is 10.0 Å². The van der Waals surface area contributed by atoms with Crippen LogP contribution in [0, 0.1) is 5.92 Å². The van der Waals surface area contributed by atoms with E-state index in [0.29, 0.717) is 5.56 Å². The van der Waals surface area contributed by atoms with Crippen molar-refractivity contribution in [3.05, 3.63) is 32.7 Å². The Kier molecular flexibility index (Phi) is 5.81. The van der Waals surface area contributed by atoms with E-state index in [1.165, 1.54) is 0 Å². The van der Waals surface area contributed by atoms with Crippen LogP contribution in [-0.2, 0) is 0 Å². The molecule has 19 heavy (non-hydrogen) atoms. The van der Waals surface area contributed by atoms with Crippen LogP contribution in [0.3, 0.4) is 0 Å². The Morgan fingerprint density at radius 1 is 1.32 bits per heavy atom. The molecular weight excluding hydrogens is 378 g/mol. The summed E-state index contributed by atoms with van der Waals surface area (Å²) >= 11 is 6.64. The molecule has 0 heterocycles. The largest absolute Gasteiger partial charge is 0.409 e. The summed E-state index contributed by atoms with van der Waals surface area (Å²) in [7, 11) is 0. The van der Waals surface area contributed by atoms with Gasteiger partial charge in [-0.25, -0.2) is 0 Å². The van der Waals surface area contributed by atoms with E-state index in [1.807, 2.05) is 19.9 Å². The summed E-state index contributed by atoms with van der Waals surface area (Å²) in [5.74, 6) is -0.292. The van der Waals surface area contributed by atoms with Gasteiger partial charge in [0.2, 0.25) is 0 Å². The lowest BCUT2D eigenvalue weighted by molar-refractivity contribution is 0.0938. The lowest BCUT2D eigenvalue weighted by Crippen LogP contribution is -2.47. The highest BCUT2D eigenvalue weighted by molar-refractivity contribution is 9.11. The number of oxime groups is 1. The average molecular weight is 393 g/mol. The Balaban J connectivity index is 2.94. The molecule has 1 atom stereocenters. The third-order valence-electron chi connectivity index (χ3n) is 2.51. The van der Waals surface area contributed by atoms with E-state index < -0.39 is 6.04 Å². The second-order valence-electron chi connectivity index (χ2n) is 4.38. The SMILES string of the molecule is CC(C)C(NC(=O)c1cc(Br)cc(Br)c1)/C(N)=N/O. The van der Waals surface area contributed by atoms with Gasteiger partial charge in [-0.15, -0.1) is 0 Å². The van der Waals surface area contributed by atoms with E-state index in [1.54, 1.807) is 12.1 Å². The Labute approximate surface area is 128 Å². The predicted molar refractivity (Wildman–Crippen MR) is 81.3 cm³/mol. The summed E-state index contributed by atoms with van der Waals surface area (Å²) < 4.78 is 1.58. The minimum atomic E-state index is -0.518. The van der Waals surface area contributed by atoms with Crippen LogP contribution >= 0.6 is 31.9 Å². The van der Waals surface area contributed by atoms with Gasteiger partial charge in [-0.05, 0) is 24.1 Å². The number of hydrogen-bond donors (Lipinski definition) is 3. The molecule has 1 aromatic carbocycles. The fraction of sp³-hybridized carbons (Fsp3) is 0.333. The second kappa shape index (κ2) is 6.91. The van der Waals surface area contributed by atoms with Crippen LogP contribution in [-0.4, -0.2) is 23.0 Å². The van der Waals surface area contributed by atoms with Crippen LogP contribution in [0.1, 0.15) is 24.2 Å². The van der Waals surface area contributed by atoms with E-state index in [0.717, 1.165) is 8.95 Å². The van der Waals surface area contributed by atoms with E-state index in [-0.39, 0.29) is 17.7 Å². The first kappa shape index (κ1) is 16.0. The predicted octanol–water partition coefficient (Wildman–Crippen LogP) is 2.71. The van der Waals surface area contributed by atoms with Gasteiger partial charge in [0.05, 0.1) is 6.04 Å². The van der Waals surface area contributed by atoms with Gasteiger partial charge in [0.15, 0.2) is 5.84 Å². The minimum absolute atomic E-state index is 0.00967. The zero-order valence-electron chi connectivity index (χ0n) is 10.5. The number of hydrogen-bond acceptors (Lipinski definition) is 3. The topological polar surface area (TPSA) is 87.7 Å². The van der Waals surface area contributed by atoms with Crippen molar-refractivity contribution in [2.75, 3.05) is 0 Å². The first-order valence-corrected chi connectivity index (χ1v) is 7.18. The third kappa shape index (κ3) is 4.50. The zero-order valence-corrected chi connectivity index (χ0v) is 13.7. The van der Waals surface area contributed by atoms with Crippen molar-refractivity contribution in [1.29, 1.82) is 0 Å². The molecule has 0 aliphatic carbocycles. The average Bonchev–Trinajstić information content (AvgIpc) is 2.33. The van der Waals surface area contributed by atoms with Crippen LogP contribution < -0.4 is 11.1 Å². The van der Waals surface area contributed by atoms with Crippen molar-refractivity contribution in [3.63, 3.8) is 0 Å². The molecule has 1 rings (SSSR count). The van der Waals surface area contributed by atoms with Crippen molar-refractivity contribution in [2.45, 2.75) is 19.9 Å². The number of nitrogens with two attached hydrogens (primary N) is 1. The molecule has 0 aliphatic heterocycles. The van der Waals surface area contributed by atoms with Gasteiger partial charge in [0.1, 0.15) is 0 Å². The van der Waals surface area contributed by atoms with Crippen LogP contribution in [0.15, 0.2) is 32.3 Å². The number of halogens is 2. The first-order valence-electron chi connectivity index (χ1n) is 5.59. The Hall–Kier alpha value is -1.08. The molecule has 1 amide bonds. The van der Waals surface area contributed by atoms with Gasteiger partial charge in [-0.3, -0.25) is 4.79 Å². The molecule has 0 aromatic heterocycles. The van der Waals surface area contributed by atoms with E-state index >= 15 is 0 Å². The van der Waals surface area contributed by atoms with Crippen molar-refractivity contribution in [3.8, 4) is 0 Å². The van der Waals surface area contributed by atoms with Crippen molar-refractivity contribution >= 4 is 43.6 Å². The van der Waals surface area contributed by atoms with E-state index in [9.17, 15) is 4.79 Å². The molecule has 0 spiro atoms. The summed E-state index contributed by atoms with van der Waals surface area (Å²) in [5.41, 5.74) is 6.06. The van der Waals surface area contributed by atoms with Gasteiger partial charge in [0, 0.05) is 14.5 Å². The molecule has 0 saturated heterocycles. The third-order valence-corrected chi connectivity index (χ3v) is 3.43. The maximum absolute atomic E-state index is 12.1. The molecular formula is C12H15Br2N3O2. The monoisotopic (exact) mass is 391 g/mol. The number of nitrogens with zero attached hydrogens (tertiary/aromatic N) is 1. The van der Waals surface area contributed by atoms with Crippen LogP contribution in [0.4, 0.5) is 0 Å². The first-order chi connectivity index (χ1) is 8.85. The number of benzene rings is 1. The number of amidine groups is 1. The molecule has 0 saturated carbocycles. The molecule has 7 heteroatoms.